The van der Waals surface area contributed by atoms with E-state index in [1.807, 2.05) is 6.08 Å². The molecule has 1 amide bonds. The Morgan fingerprint density at radius 2 is 2.05 bits per heavy atom. The van der Waals surface area contributed by atoms with E-state index in [0.29, 0.717) is 42.2 Å². The molecule has 0 bridgehead atoms. The third kappa shape index (κ3) is 6.48. The van der Waals surface area contributed by atoms with E-state index in [2.05, 4.69) is 6.58 Å². The molecule has 2 aliphatic heterocycles. The number of fused-ring (bicyclic) bond motifs is 2. The Bertz CT molecular complexity index is 1030. The molecule has 4 unspecified atom stereocenters. The summed E-state index contributed by atoms with van der Waals surface area (Å²) in [5.41, 5.74) is 1.83. The number of hydrogen-bond acceptors (Lipinski definition) is 8. The summed E-state index contributed by atoms with van der Waals surface area (Å²) in [6, 6.07) is 3.26. The highest BCUT2D eigenvalue weighted by Crippen LogP contribution is 2.47. The number of carboxylic acids is 1. The molecule has 2 fully saturated rings. The fourth-order valence-corrected chi connectivity index (χ4v) is 5.26. The van der Waals surface area contributed by atoms with Gasteiger partial charge in [-0.3, -0.25) is 4.79 Å². The largest absolute Gasteiger partial charge is 0.493 e. The van der Waals surface area contributed by atoms with Gasteiger partial charge in [0.2, 0.25) is 0 Å². The molecule has 10 nitrogen and oxygen atoms in total. The molecule has 1 aromatic rings. The number of anilines is 1. The van der Waals surface area contributed by atoms with Gasteiger partial charge in [-0.2, -0.15) is 0 Å². The number of ether oxygens (including phenoxy) is 5. The van der Waals surface area contributed by atoms with E-state index in [1.165, 1.54) is 18.1 Å². The quantitative estimate of drug-likeness (QED) is 0.326. The number of hydrogen-bond donors (Lipinski definition) is 2. The molecular formula is C28H37NO9. The zero-order chi connectivity index (χ0) is 27.1. The number of aliphatic hydroxyl groups is 1. The molecular weight excluding hydrogens is 494 g/mol. The molecule has 1 aliphatic carbocycles. The Balaban J connectivity index is 1.79. The van der Waals surface area contributed by atoms with Gasteiger partial charge in [0, 0.05) is 30.6 Å². The number of carbonyl (C=O) groups is 2. The average Bonchev–Trinajstić information content (AvgIpc) is 3.36. The van der Waals surface area contributed by atoms with Gasteiger partial charge in [-0.05, 0) is 51.0 Å². The van der Waals surface area contributed by atoms with Crippen LogP contribution in [0.5, 0.6) is 11.5 Å². The molecule has 2 N–H and O–H groups in total. The predicted octanol–water partition coefficient (Wildman–Crippen LogP) is 4.71. The normalized spacial score (nSPS) is 26.2. The van der Waals surface area contributed by atoms with E-state index in [-0.39, 0.29) is 25.6 Å². The SMILES string of the molecule is C=CCOC(=O)N1c2cc(OCCCC(=O)O)c(OC)cc2C(O)/C=C2/CCCC2C1OC1CCCCO1. The summed E-state index contributed by atoms with van der Waals surface area (Å²) in [6.45, 7) is 4.37. The molecule has 0 spiro atoms. The van der Waals surface area contributed by atoms with Gasteiger partial charge < -0.3 is 33.9 Å². The first kappa shape index (κ1) is 27.9. The first-order valence-electron chi connectivity index (χ1n) is 13.2. The van der Waals surface area contributed by atoms with Crippen LogP contribution in [0.3, 0.4) is 0 Å². The van der Waals surface area contributed by atoms with Gasteiger partial charge in [0.1, 0.15) is 12.8 Å². The first-order valence-corrected chi connectivity index (χ1v) is 13.2. The van der Waals surface area contributed by atoms with Crippen molar-refractivity contribution in [2.75, 3.05) is 31.8 Å². The molecule has 10 heteroatoms. The number of methoxy groups -OCH3 is 1. The lowest BCUT2D eigenvalue weighted by Crippen LogP contribution is -2.50. The number of aliphatic hydroxyl groups excluding tert-OH is 1. The van der Waals surface area contributed by atoms with Gasteiger partial charge in [-0.15, -0.1) is 0 Å². The Morgan fingerprint density at radius 1 is 1.21 bits per heavy atom. The van der Waals surface area contributed by atoms with E-state index in [1.54, 1.807) is 12.1 Å². The fourth-order valence-electron chi connectivity index (χ4n) is 5.26. The van der Waals surface area contributed by atoms with Gasteiger partial charge in [0.15, 0.2) is 17.8 Å². The van der Waals surface area contributed by atoms with Crippen LogP contribution < -0.4 is 14.4 Å². The van der Waals surface area contributed by atoms with Crippen LogP contribution in [0.2, 0.25) is 0 Å². The van der Waals surface area contributed by atoms with Crippen LogP contribution in [-0.4, -0.2) is 61.7 Å². The summed E-state index contributed by atoms with van der Waals surface area (Å²) in [5.74, 6) is -0.398. The van der Waals surface area contributed by atoms with Crippen molar-refractivity contribution in [3.8, 4) is 11.5 Å². The van der Waals surface area contributed by atoms with Gasteiger partial charge >= 0.3 is 12.1 Å². The van der Waals surface area contributed by atoms with Crippen LogP contribution in [0.1, 0.15) is 63.0 Å². The minimum Gasteiger partial charge on any atom is -0.493 e. The van der Waals surface area contributed by atoms with E-state index >= 15 is 0 Å². The molecule has 1 saturated heterocycles. The summed E-state index contributed by atoms with van der Waals surface area (Å²) in [5, 5.41) is 20.2. The van der Waals surface area contributed by atoms with Crippen molar-refractivity contribution in [1.29, 1.82) is 0 Å². The lowest BCUT2D eigenvalue weighted by atomic mass is 9.92. The van der Waals surface area contributed by atoms with Crippen LogP contribution in [0, 0.1) is 5.92 Å². The molecule has 208 valence electrons. The molecule has 4 atom stereocenters. The second-order valence-corrected chi connectivity index (χ2v) is 9.65. The van der Waals surface area contributed by atoms with Gasteiger partial charge in [-0.25, -0.2) is 9.69 Å². The van der Waals surface area contributed by atoms with Crippen molar-refractivity contribution in [3.05, 3.63) is 42.0 Å². The van der Waals surface area contributed by atoms with Gasteiger partial charge in [0.25, 0.3) is 0 Å². The van der Waals surface area contributed by atoms with Crippen LogP contribution in [0.4, 0.5) is 10.5 Å². The van der Waals surface area contributed by atoms with Crippen LogP contribution >= 0.6 is 0 Å². The molecule has 1 saturated carbocycles. The minimum absolute atomic E-state index is 0.00192. The second-order valence-electron chi connectivity index (χ2n) is 9.65. The topological polar surface area (TPSA) is 124 Å². The Morgan fingerprint density at radius 3 is 2.76 bits per heavy atom. The maximum atomic E-state index is 13.6. The molecule has 3 aliphatic rings. The van der Waals surface area contributed by atoms with E-state index in [0.717, 1.165) is 37.7 Å². The predicted molar refractivity (Wildman–Crippen MR) is 138 cm³/mol. The van der Waals surface area contributed by atoms with E-state index < -0.39 is 30.7 Å². The monoisotopic (exact) mass is 531 g/mol. The summed E-state index contributed by atoms with van der Waals surface area (Å²) in [6.07, 6.45) is 5.85. The molecule has 0 aromatic heterocycles. The van der Waals surface area contributed by atoms with Crippen molar-refractivity contribution >= 4 is 17.7 Å². The van der Waals surface area contributed by atoms with Crippen LogP contribution in [-0.2, 0) is 19.0 Å². The summed E-state index contributed by atoms with van der Waals surface area (Å²) in [4.78, 5) is 26.0. The Kier molecular flexibility index (Phi) is 9.65. The highest BCUT2D eigenvalue weighted by molar-refractivity contribution is 5.90. The standard InChI is InChI=1S/C28H37NO9/c1-3-12-37-28(33)29-21-17-24(35-14-7-10-25(31)32)23(34-2)16-20(21)22(30)15-18-8-6-9-19(18)27(29)38-26-11-4-5-13-36-26/h3,15-17,19,22,26-27,30H,1,4-14H2,2H3,(H,31,32)/b18-15-. The maximum Gasteiger partial charge on any atom is 0.416 e. The molecule has 0 radical (unpaired) electrons. The summed E-state index contributed by atoms with van der Waals surface area (Å²) >= 11 is 0. The number of benzene rings is 1. The van der Waals surface area contributed by atoms with E-state index in [9.17, 15) is 14.7 Å². The number of amides is 1. The number of rotatable bonds is 10. The van der Waals surface area contributed by atoms with Crippen molar-refractivity contribution in [3.63, 3.8) is 0 Å². The highest BCUT2D eigenvalue weighted by Gasteiger charge is 2.43. The van der Waals surface area contributed by atoms with Crippen LogP contribution in [0.25, 0.3) is 0 Å². The summed E-state index contributed by atoms with van der Waals surface area (Å²) in [7, 11) is 1.48. The lowest BCUT2D eigenvalue weighted by molar-refractivity contribution is -0.194. The molecule has 2 heterocycles. The summed E-state index contributed by atoms with van der Waals surface area (Å²) < 4.78 is 29.4. The zero-order valence-electron chi connectivity index (χ0n) is 21.8. The van der Waals surface area contributed by atoms with Crippen molar-refractivity contribution in [2.45, 2.75) is 70.0 Å². The van der Waals surface area contributed by atoms with E-state index in [4.69, 9.17) is 28.8 Å². The number of carbonyl (C=O) groups excluding carboxylic acids is 1. The molecule has 1 aromatic carbocycles. The number of carboxylic acid groups (broad SMARTS) is 1. The van der Waals surface area contributed by atoms with Gasteiger partial charge in [-0.1, -0.05) is 24.3 Å². The number of aliphatic carboxylic acids is 1. The third-order valence-corrected chi connectivity index (χ3v) is 7.06. The van der Waals surface area contributed by atoms with Crippen molar-refractivity contribution < 1.29 is 43.5 Å². The van der Waals surface area contributed by atoms with Crippen molar-refractivity contribution in [1.82, 2.24) is 0 Å². The minimum atomic E-state index is -1.00. The first-order chi connectivity index (χ1) is 18.4. The maximum absolute atomic E-state index is 13.6. The highest BCUT2D eigenvalue weighted by atomic mass is 16.7. The Hall–Kier alpha value is -3.08. The van der Waals surface area contributed by atoms with Crippen LogP contribution in [0.15, 0.2) is 36.4 Å². The average molecular weight is 532 g/mol. The Labute approximate surface area is 222 Å². The smallest absolute Gasteiger partial charge is 0.416 e. The molecule has 4 rings (SSSR count). The van der Waals surface area contributed by atoms with Crippen molar-refractivity contribution in [2.24, 2.45) is 5.92 Å². The number of nitrogens with zero attached hydrogens (tertiary/aromatic N) is 1. The zero-order valence-corrected chi connectivity index (χ0v) is 21.8. The fraction of sp³-hybridized carbons (Fsp3) is 0.571. The van der Waals surface area contributed by atoms with Gasteiger partial charge in [0.05, 0.1) is 25.5 Å². The second kappa shape index (κ2) is 13.1. The lowest BCUT2D eigenvalue weighted by Gasteiger charge is -2.40. The third-order valence-electron chi connectivity index (χ3n) is 7.06. The molecule has 38 heavy (non-hydrogen) atoms.